The second kappa shape index (κ2) is 6.14. The van der Waals surface area contributed by atoms with E-state index in [1.165, 1.54) is 55.2 Å². The largest absolute Gasteiger partial charge is 0.328 e. The Balaban J connectivity index is 1.56. The first-order valence-electron chi connectivity index (χ1n) is 7.93. The first-order chi connectivity index (χ1) is 9.63. The predicted molar refractivity (Wildman–Crippen MR) is 86.2 cm³/mol. The molecule has 2 saturated heterocycles. The van der Waals surface area contributed by atoms with Crippen LogP contribution in [0.2, 0.25) is 0 Å². The molecule has 0 radical (unpaired) electrons. The average molecular weight is 293 g/mol. The van der Waals surface area contributed by atoms with Crippen molar-refractivity contribution in [3.8, 4) is 0 Å². The molecule has 0 aliphatic carbocycles. The highest BCUT2D eigenvalue weighted by Gasteiger charge is 2.32. The van der Waals surface area contributed by atoms with Gasteiger partial charge in [0.1, 0.15) is 0 Å². The summed E-state index contributed by atoms with van der Waals surface area (Å²) in [6.45, 7) is 9.43. The number of hydrogen-bond acceptors (Lipinski definition) is 4. The van der Waals surface area contributed by atoms with E-state index < -0.39 is 0 Å². The summed E-state index contributed by atoms with van der Waals surface area (Å²) < 4.78 is 0. The Bertz CT molecular complexity index is 437. The summed E-state index contributed by atoms with van der Waals surface area (Å²) in [6.07, 6.45) is 3.68. The number of piperidine rings is 1. The van der Waals surface area contributed by atoms with E-state index >= 15 is 0 Å². The van der Waals surface area contributed by atoms with Crippen LogP contribution in [0.3, 0.4) is 0 Å². The third-order valence-electron chi connectivity index (χ3n) is 5.01. The van der Waals surface area contributed by atoms with Crippen molar-refractivity contribution in [1.29, 1.82) is 0 Å². The van der Waals surface area contributed by atoms with Crippen molar-refractivity contribution in [3.63, 3.8) is 0 Å². The minimum absolute atomic E-state index is 0.441. The molecule has 4 heteroatoms. The molecule has 2 aliphatic rings. The molecule has 1 aromatic rings. The number of nitrogens with two attached hydrogens (primary N) is 1. The van der Waals surface area contributed by atoms with Gasteiger partial charge in [0.25, 0.3) is 0 Å². The summed E-state index contributed by atoms with van der Waals surface area (Å²) in [6, 6.07) is 6.32. The summed E-state index contributed by atoms with van der Waals surface area (Å²) in [5.74, 6) is 0. The molecule has 2 unspecified atom stereocenters. The van der Waals surface area contributed by atoms with Gasteiger partial charge in [0.2, 0.25) is 0 Å². The standard InChI is InChI=1S/C16H27N3S/c1-12-3-4-16(20-12)13(2)19-10-7-15(11-19)18-8-5-14(17)6-9-18/h3-4,13-15H,5-11,17H2,1-2H3. The van der Waals surface area contributed by atoms with Crippen molar-refractivity contribution in [2.24, 2.45) is 5.73 Å². The molecule has 2 fully saturated rings. The quantitative estimate of drug-likeness (QED) is 0.930. The first kappa shape index (κ1) is 14.5. The summed E-state index contributed by atoms with van der Waals surface area (Å²) in [7, 11) is 0. The summed E-state index contributed by atoms with van der Waals surface area (Å²) in [5, 5.41) is 0. The van der Waals surface area contributed by atoms with Gasteiger partial charge in [0.15, 0.2) is 0 Å². The van der Waals surface area contributed by atoms with E-state index in [0.29, 0.717) is 12.1 Å². The second-order valence-electron chi connectivity index (χ2n) is 6.44. The average Bonchev–Trinajstić information content (AvgIpc) is 3.08. The summed E-state index contributed by atoms with van der Waals surface area (Å²) >= 11 is 1.95. The van der Waals surface area contributed by atoms with Gasteiger partial charge in [-0.25, -0.2) is 0 Å². The lowest BCUT2D eigenvalue weighted by Gasteiger charge is -2.35. The zero-order chi connectivity index (χ0) is 14.1. The van der Waals surface area contributed by atoms with E-state index in [2.05, 4.69) is 35.8 Å². The van der Waals surface area contributed by atoms with Crippen molar-refractivity contribution >= 4 is 11.3 Å². The molecule has 2 N–H and O–H groups in total. The SMILES string of the molecule is Cc1ccc(C(C)N2CCC(N3CCC(N)CC3)C2)s1. The van der Waals surface area contributed by atoms with E-state index in [9.17, 15) is 0 Å². The van der Waals surface area contributed by atoms with Gasteiger partial charge in [-0.2, -0.15) is 0 Å². The fourth-order valence-electron chi connectivity index (χ4n) is 3.56. The first-order valence-corrected chi connectivity index (χ1v) is 8.75. The Morgan fingerprint density at radius 1 is 1.20 bits per heavy atom. The maximum absolute atomic E-state index is 6.01. The fourth-order valence-corrected chi connectivity index (χ4v) is 4.52. The number of aryl methyl sites for hydroxylation is 1. The van der Waals surface area contributed by atoms with Crippen LogP contribution in [0.25, 0.3) is 0 Å². The molecular weight excluding hydrogens is 266 g/mol. The van der Waals surface area contributed by atoms with Crippen LogP contribution in [0.15, 0.2) is 12.1 Å². The Labute approximate surface area is 126 Å². The van der Waals surface area contributed by atoms with Crippen molar-refractivity contribution in [1.82, 2.24) is 9.80 Å². The predicted octanol–water partition coefficient (Wildman–Crippen LogP) is 2.61. The minimum atomic E-state index is 0.441. The molecule has 2 aliphatic heterocycles. The van der Waals surface area contributed by atoms with Crippen LogP contribution in [-0.4, -0.2) is 48.1 Å². The van der Waals surface area contributed by atoms with E-state index in [4.69, 9.17) is 5.73 Å². The van der Waals surface area contributed by atoms with Crippen LogP contribution in [-0.2, 0) is 0 Å². The summed E-state index contributed by atoms with van der Waals surface area (Å²) in [4.78, 5) is 8.27. The third kappa shape index (κ3) is 3.08. The number of hydrogen-bond donors (Lipinski definition) is 1. The van der Waals surface area contributed by atoms with Crippen molar-refractivity contribution in [3.05, 3.63) is 21.9 Å². The molecule has 0 bridgehead atoms. The van der Waals surface area contributed by atoms with Gasteiger partial charge in [-0.15, -0.1) is 11.3 Å². The van der Waals surface area contributed by atoms with Crippen LogP contribution < -0.4 is 5.73 Å². The zero-order valence-corrected chi connectivity index (χ0v) is 13.5. The molecule has 20 heavy (non-hydrogen) atoms. The fraction of sp³-hybridized carbons (Fsp3) is 0.750. The summed E-state index contributed by atoms with van der Waals surface area (Å²) in [5.41, 5.74) is 6.01. The molecule has 112 valence electrons. The van der Waals surface area contributed by atoms with Gasteiger partial charge >= 0.3 is 0 Å². The maximum atomic E-state index is 6.01. The normalized spacial score (nSPS) is 28.1. The topological polar surface area (TPSA) is 32.5 Å². The smallest absolute Gasteiger partial charge is 0.0414 e. The van der Waals surface area contributed by atoms with Crippen LogP contribution >= 0.6 is 11.3 Å². The highest BCUT2D eigenvalue weighted by Crippen LogP contribution is 2.31. The maximum Gasteiger partial charge on any atom is 0.0414 e. The lowest BCUT2D eigenvalue weighted by atomic mass is 10.0. The highest BCUT2D eigenvalue weighted by molar-refractivity contribution is 7.12. The van der Waals surface area contributed by atoms with Crippen molar-refractivity contribution in [2.75, 3.05) is 26.2 Å². The number of rotatable bonds is 3. The molecule has 3 rings (SSSR count). The molecule has 0 aromatic carbocycles. The van der Waals surface area contributed by atoms with Crippen molar-refractivity contribution < 1.29 is 0 Å². The Morgan fingerprint density at radius 2 is 1.95 bits per heavy atom. The number of likely N-dealkylation sites (tertiary alicyclic amines) is 2. The lowest BCUT2D eigenvalue weighted by Crippen LogP contribution is -2.46. The van der Waals surface area contributed by atoms with E-state index in [-0.39, 0.29) is 0 Å². The van der Waals surface area contributed by atoms with Crippen LogP contribution in [0, 0.1) is 6.92 Å². The molecule has 2 atom stereocenters. The molecule has 0 amide bonds. The van der Waals surface area contributed by atoms with E-state index in [0.717, 1.165) is 6.04 Å². The lowest BCUT2D eigenvalue weighted by molar-refractivity contribution is 0.146. The van der Waals surface area contributed by atoms with Gasteiger partial charge < -0.3 is 5.73 Å². The zero-order valence-electron chi connectivity index (χ0n) is 12.7. The monoisotopic (exact) mass is 293 g/mol. The molecular formula is C16H27N3S. The second-order valence-corrected chi connectivity index (χ2v) is 7.75. The highest BCUT2D eigenvalue weighted by atomic mass is 32.1. The van der Waals surface area contributed by atoms with Gasteiger partial charge in [0, 0.05) is 41.0 Å². The molecule has 3 nitrogen and oxygen atoms in total. The van der Waals surface area contributed by atoms with Crippen molar-refractivity contribution in [2.45, 2.75) is 51.2 Å². The number of nitrogens with zero attached hydrogens (tertiary/aromatic N) is 2. The van der Waals surface area contributed by atoms with Crippen LogP contribution in [0.5, 0.6) is 0 Å². The third-order valence-corrected chi connectivity index (χ3v) is 6.18. The van der Waals surface area contributed by atoms with Gasteiger partial charge in [0.05, 0.1) is 0 Å². The van der Waals surface area contributed by atoms with Crippen LogP contribution in [0.4, 0.5) is 0 Å². The van der Waals surface area contributed by atoms with Gasteiger partial charge in [-0.1, -0.05) is 0 Å². The number of thiophene rings is 1. The Kier molecular flexibility index (Phi) is 4.46. The molecule has 0 saturated carbocycles. The molecule has 3 heterocycles. The Hall–Kier alpha value is -0.420. The van der Waals surface area contributed by atoms with Gasteiger partial charge in [-0.3, -0.25) is 9.80 Å². The molecule has 1 aromatic heterocycles. The van der Waals surface area contributed by atoms with Crippen LogP contribution in [0.1, 0.15) is 42.0 Å². The Morgan fingerprint density at radius 3 is 2.60 bits per heavy atom. The van der Waals surface area contributed by atoms with E-state index in [1.54, 1.807) is 0 Å². The van der Waals surface area contributed by atoms with E-state index in [1.807, 2.05) is 11.3 Å². The minimum Gasteiger partial charge on any atom is -0.328 e. The van der Waals surface area contributed by atoms with Gasteiger partial charge in [-0.05, 0) is 58.3 Å². The molecule has 0 spiro atoms.